The quantitative estimate of drug-likeness (QED) is 0.935. The first kappa shape index (κ1) is 13.8. The van der Waals surface area contributed by atoms with E-state index >= 15 is 0 Å². The van der Waals surface area contributed by atoms with Gasteiger partial charge in [-0.2, -0.15) is 5.10 Å². The van der Waals surface area contributed by atoms with Gasteiger partial charge in [0.1, 0.15) is 5.75 Å². The monoisotopic (exact) mass is 277 g/mol. The molecule has 0 aliphatic carbocycles. The van der Waals surface area contributed by atoms with Crippen LogP contribution in [0.2, 0.25) is 5.02 Å². The third-order valence-electron chi connectivity index (χ3n) is 3.04. The average Bonchev–Trinajstić information content (AvgIpc) is 2.37. The molecular weight excluding hydrogens is 262 g/mol. The molecule has 0 saturated heterocycles. The zero-order valence-corrected chi connectivity index (χ0v) is 12.0. The molecule has 2 aromatic rings. The van der Waals surface area contributed by atoms with Crippen molar-refractivity contribution in [3.05, 3.63) is 45.6 Å². The SMILES string of the molecule is Cc1ccc(Oc2nnc(C)c(C)c2CN)c(Cl)c1. The van der Waals surface area contributed by atoms with E-state index in [1.807, 2.05) is 39.0 Å². The van der Waals surface area contributed by atoms with Gasteiger partial charge < -0.3 is 10.5 Å². The lowest BCUT2D eigenvalue weighted by Crippen LogP contribution is -2.07. The molecule has 0 bridgehead atoms. The van der Waals surface area contributed by atoms with Gasteiger partial charge in [-0.15, -0.1) is 5.10 Å². The van der Waals surface area contributed by atoms with Crippen molar-refractivity contribution in [2.24, 2.45) is 5.73 Å². The summed E-state index contributed by atoms with van der Waals surface area (Å²) in [6, 6.07) is 5.58. The normalized spacial score (nSPS) is 10.6. The summed E-state index contributed by atoms with van der Waals surface area (Å²) < 4.78 is 5.74. The molecule has 1 aromatic carbocycles. The van der Waals surface area contributed by atoms with Crippen molar-refractivity contribution in [2.45, 2.75) is 27.3 Å². The van der Waals surface area contributed by atoms with Gasteiger partial charge >= 0.3 is 0 Å². The zero-order valence-electron chi connectivity index (χ0n) is 11.2. The molecule has 1 heterocycles. The van der Waals surface area contributed by atoms with Crippen LogP contribution in [0.15, 0.2) is 18.2 Å². The Morgan fingerprint density at radius 2 is 1.95 bits per heavy atom. The molecule has 0 saturated carbocycles. The maximum absolute atomic E-state index is 6.14. The van der Waals surface area contributed by atoms with Crippen molar-refractivity contribution < 1.29 is 4.74 Å². The summed E-state index contributed by atoms with van der Waals surface area (Å²) in [5, 5.41) is 8.66. The maximum atomic E-state index is 6.14. The second-order valence-corrected chi connectivity index (χ2v) is 4.84. The van der Waals surface area contributed by atoms with E-state index in [4.69, 9.17) is 22.1 Å². The first-order valence-electron chi connectivity index (χ1n) is 5.99. The molecule has 0 aliphatic heterocycles. The summed E-state index contributed by atoms with van der Waals surface area (Å²) in [4.78, 5) is 0. The number of rotatable bonds is 3. The molecule has 0 spiro atoms. The van der Waals surface area contributed by atoms with Crippen LogP contribution in [0.4, 0.5) is 0 Å². The molecule has 100 valence electrons. The van der Waals surface area contributed by atoms with Crippen LogP contribution in [-0.2, 0) is 6.54 Å². The van der Waals surface area contributed by atoms with Crippen LogP contribution in [0, 0.1) is 20.8 Å². The van der Waals surface area contributed by atoms with E-state index in [0.717, 1.165) is 22.4 Å². The summed E-state index contributed by atoms with van der Waals surface area (Å²) in [6.45, 7) is 6.16. The lowest BCUT2D eigenvalue weighted by Gasteiger charge is -2.12. The molecule has 0 atom stereocenters. The highest BCUT2D eigenvalue weighted by atomic mass is 35.5. The summed E-state index contributed by atoms with van der Waals surface area (Å²) in [6.07, 6.45) is 0. The first-order valence-corrected chi connectivity index (χ1v) is 6.37. The van der Waals surface area contributed by atoms with E-state index in [2.05, 4.69) is 10.2 Å². The molecule has 5 heteroatoms. The smallest absolute Gasteiger partial charge is 0.243 e. The number of hydrogen-bond donors (Lipinski definition) is 1. The lowest BCUT2D eigenvalue weighted by molar-refractivity contribution is 0.446. The van der Waals surface area contributed by atoms with Crippen LogP contribution in [0.1, 0.15) is 22.4 Å². The molecule has 1 aromatic heterocycles. The topological polar surface area (TPSA) is 61.0 Å². The van der Waals surface area contributed by atoms with Crippen LogP contribution in [0.5, 0.6) is 11.6 Å². The predicted octanol–water partition coefficient (Wildman–Crippen LogP) is 3.31. The molecule has 19 heavy (non-hydrogen) atoms. The van der Waals surface area contributed by atoms with Gasteiger partial charge in [-0.05, 0) is 44.0 Å². The van der Waals surface area contributed by atoms with Crippen molar-refractivity contribution in [1.82, 2.24) is 10.2 Å². The molecule has 4 nitrogen and oxygen atoms in total. The number of nitrogens with two attached hydrogens (primary N) is 1. The van der Waals surface area contributed by atoms with Crippen molar-refractivity contribution in [1.29, 1.82) is 0 Å². The van der Waals surface area contributed by atoms with E-state index in [0.29, 0.717) is 23.2 Å². The Balaban J connectivity index is 2.41. The van der Waals surface area contributed by atoms with Gasteiger partial charge in [0, 0.05) is 12.1 Å². The highest BCUT2D eigenvalue weighted by molar-refractivity contribution is 6.32. The van der Waals surface area contributed by atoms with Crippen LogP contribution in [-0.4, -0.2) is 10.2 Å². The highest BCUT2D eigenvalue weighted by Crippen LogP contribution is 2.31. The summed E-state index contributed by atoms with van der Waals surface area (Å²) in [5.74, 6) is 0.968. The van der Waals surface area contributed by atoms with Gasteiger partial charge in [0.2, 0.25) is 5.88 Å². The minimum absolute atomic E-state index is 0.348. The lowest BCUT2D eigenvalue weighted by atomic mass is 10.1. The number of nitrogens with zero attached hydrogens (tertiary/aromatic N) is 2. The number of ether oxygens (including phenoxy) is 1. The minimum atomic E-state index is 0.348. The summed E-state index contributed by atoms with van der Waals surface area (Å²) >= 11 is 6.14. The van der Waals surface area contributed by atoms with Crippen LogP contribution in [0.3, 0.4) is 0 Å². The zero-order chi connectivity index (χ0) is 14.0. The highest BCUT2D eigenvalue weighted by Gasteiger charge is 2.13. The fourth-order valence-electron chi connectivity index (χ4n) is 1.75. The number of halogens is 1. The number of benzene rings is 1. The van der Waals surface area contributed by atoms with Crippen molar-refractivity contribution in [3.8, 4) is 11.6 Å². The second-order valence-electron chi connectivity index (χ2n) is 4.43. The molecule has 0 radical (unpaired) electrons. The molecule has 2 rings (SSSR count). The molecule has 2 N–H and O–H groups in total. The molecule has 0 amide bonds. The fourth-order valence-corrected chi connectivity index (χ4v) is 2.02. The Bertz CT molecular complexity index is 614. The minimum Gasteiger partial charge on any atom is -0.436 e. The number of aromatic nitrogens is 2. The van der Waals surface area contributed by atoms with Gasteiger partial charge in [-0.25, -0.2) is 0 Å². The van der Waals surface area contributed by atoms with Gasteiger partial charge in [-0.1, -0.05) is 17.7 Å². The van der Waals surface area contributed by atoms with Crippen LogP contribution >= 0.6 is 11.6 Å². The molecule has 0 unspecified atom stereocenters. The van der Waals surface area contributed by atoms with E-state index in [9.17, 15) is 0 Å². The Kier molecular flexibility index (Phi) is 4.02. The number of aryl methyl sites for hydroxylation is 2. The van der Waals surface area contributed by atoms with Crippen LogP contribution in [0.25, 0.3) is 0 Å². The summed E-state index contributed by atoms with van der Waals surface area (Å²) in [7, 11) is 0. The van der Waals surface area contributed by atoms with E-state index < -0.39 is 0 Å². The van der Waals surface area contributed by atoms with Crippen molar-refractivity contribution in [3.63, 3.8) is 0 Å². The second kappa shape index (κ2) is 5.55. The molecule has 0 aliphatic rings. The van der Waals surface area contributed by atoms with E-state index in [1.165, 1.54) is 0 Å². The predicted molar refractivity (Wildman–Crippen MR) is 75.7 cm³/mol. The fraction of sp³-hybridized carbons (Fsp3) is 0.286. The third-order valence-corrected chi connectivity index (χ3v) is 3.34. The van der Waals surface area contributed by atoms with Crippen molar-refractivity contribution >= 4 is 11.6 Å². The third kappa shape index (κ3) is 2.85. The Morgan fingerprint density at radius 3 is 2.58 bits per heavy atom. The van der Waals surface area contributed by atoms with E-state index in [1.54, 1.807) is 0 Å². The van der Waals surface area contributed by atoms with Gasteiger partial charge in [0.25, 0.3) is 0 Å². The van der Waals surface area contributed by atoms with Crippen molar-refractivity contribution in [2.75, 3.05) is 0 Å². The Morgan fingerprint density at radius 1 is 1.21 bits per heavy atom. The van der Waals surface area contributed by atoms with E-state index in [-0.39, 0.29) is 0 Å². The largest absolute Gasteiger partial charge is 0.436 e. The van der Waals surface area contributed by atoms with Gasteiger partial charge in [0.05, 0.1) is 10.7 Å². The summed E-state index contributed by atoms with van der Waals surface area (Å²) in [5.41, 5.74) is 9.52. The number of hydrogen-bond acceptors (Lipinski definition) is 4. The van der Waals surface area contributed by atoms with Crippen LogP contribution < -0.4 is 10.5 Å². The van der Waals surface area contributed by atoms with Gasteiger partial charge in [-0.3, -0.25) is 0 Å². The Hall–Kier alpha value is -1.65. The molecule has 0 fully saturated rings. The average molecular weight is 278 g/mol. The Labute approximate surface area is 117 Å². The standard InChI is InChI=1S/C14H16ClN3O/c1-8-4-5-13(12(15)6-8)19-14-11(7-16)9(2)10(3)17-18-14/h4-6H,7,16H2,1-3H3. The maximum Gasteiger partial charge on any atom is 0.243 e. The molecular formula is C14H16ClN3O. The first-order chi connectivity index (χ1) is 9.02. The van der Waals surface area contributed by atoms with Gasteiger partial charge in [0.15, 0.2) is 0 Å².